The second-order valence-corrected chi connectivity index (χ2v) is 8.38. The molecular formula is C24H20ClN. The van der Waals surface area contributed by atoms with Crippen LogP contribution in [0.1, 0.15) is 43.2 Å². The molecule has 0 amide bonds. The Bertz CT molecular complexity index is 1180. The van der Waals surface area contributed by atoms with Crippen LogP contribution in [0.4, 0.5) is 0 Å². The fraction of sp³-hybridized carbons (Fsp3) is 0.250. The molecule has 1 fully saturated rings. The molecule has 26 heavy (non-hydrogen) atoms. The fourth-order valence-corrected chi connectivity index (χ4v) is 5.68. The van der Waals surface area contributed by atoms with Crippen LogP contribution in [0.2, 0.25) is 5.02 Å². The van der Waals surface area contributed by atoms with Crippen LogP contribution in [0.3, 0.4) is 0 Å². The minimum absolute atomic E-state index is 0.209. The standard InChI is InChI=1S/C24H20ClN/c25-15-8-9-22-18(12-15)19-13-21-17(14-23(19)26-22)16-6-2-3-7-20(16)24(21)10-4-1-5-11-24/h2-3,6-9,12-14,26H,1,4-5,10-11H2. The quantitative estimate of drug-likeness (QED) is 0.342. The molecule has 1 aromatic heterocycles. The van der Waals surface area contributed by atoms with Crippen LogP contribution in [-0.2, 0) is 5.41 Å². The van der Waals surface area contributed by atoms with Crippen LogP contribution in [0.15, 0.2) is 54.6 Å². The Hall–Kier alpha value is -2.25. The van der Waals surface area contributed by atoms with Crippen molar-refractivity contribution in [2.45, 2.75) is 37.5 Å². The van der Waals surface area contributed by atoms with Crippen LogP contribution in [-0.4, -0.2) is 4.98 Å². The van der Waals surface area contributed by atoms with Crippen LogP contribution >= 0.6 is 11.6 Å². The van der Waals surface area contributed by atoms with Gasteiger partial charge in [0.25, 0.3) is 0 Å². The lowest BCUT2D eigenvalue weighted by atomic mass is 9.68. The van der Waals surface area contributed by atoms with E-state index in [0.717, 1.165) is 5.02 Å². The third kappa shape index (κ3) is 1.82. The van der Waals surface area contributed by atoms with Crippen molar-refractivity contribution < 1.29 is 0 Å². The number of fused-ring (bicyclic) bond motifs is 8. The number of aromatic nitrogens is 1. The number of aromatic amines is 1. The molecule has 0 radical (unpaired) electrons. The molecule has 128 valence electrons. The Kier molecular flexibility index (Phi) is 2.94. The molecule has 0 aliphatic heterocycles. The molecule has 0 atom stereocenters. The lowest BCUT2D eigenvalue weighted by molar-refractivity contribution is 0.353. The number of H-pyrrole nitrogens is 1. The van der Waals surface area contributed by atoms with Gasteiger partial charge in [-0.25, -0.2) is 0 Å². The maximum atomic E-state index is 6.29. The third-order valence-electron chi connectivity index (χ3n) is 6.65. The van der Waals surface area contributed by atoms with Crippen molar-refractivity contribution in [1.29, 1.82) is 0 Å². The molecule has 2 aliphatic carbocycles. The van der Waals surface area contributed by atoms with E-state index in [-0.39, 0.29) is 5.41 Å². The zero-order valence-electron chi connectivity index (χ0n) is 14.6. The molecule has 1 heterocycles. The molecule has 1 spiro atoms. The summed E-state index contributed by atoms with van der Waals surface area (Å²) >= 11 is 6.29. The molecule has 1 N–H and O–H groups in total. The average molecular weight is 358 g/mol. The van der Waals surface area contributed by atoms with E-state index >= 15 is 0 Å². The van der Waals surface area contributed by atoms with Crippen molar-refractivity contribution >= 4 is 33.4 Å². The molecule has 1 nitrogen and oxygen atoms in total. The lowest BCUT2D eigenvalue weighted by Crippen LogP contribution is -2.27. The van der Waals surface area contributed by atoms with Gasteiger partial charge in [-0.05, 0) is 65.4 Å². The summed E-state index contributed by atoms with van der Waals surface area (Å²) < 4.78 is 0. The number of halogens is 1. The van der Waals surface area contributed by atoms with Gasteiger partial charge in [0.1, 0.15) is 0 Å². The molecule has 2 aliphatic rings. The van der Waals surface area contributed by atoms with Crippen molar-refractivity contribution in [3.8, 4) is 11.1 Å². The van der Waals surface area contributed by atoms with E-state index in [4.69, 9.17) is 11.6 Å². The summed E-state index contributed by atoms with van der Waals surface area (Å²) in [5.74, 6) is 0. The van der Waals surface area contributed by atoms with E-state index in [1.165, 1.54) is 70.6 Å². The van der Waals surface area contributed by atoms with E-state index in [0.29, 0.717) is 0 Å². The van der Waals surface area contributed by atoms with Crippen LogP contribution < -0.4 is 0 Å². The third-order valence-corrected chi connectivity index (χ3v) is 6.89. The highest BCUT2D eigenvalue weighted by atomic mass is 35.5. The SMILES string of the molecule is Clc1ccc2[nH]c3cc4c(cc3c2c1)C1(CCCCC1)c1ccccc1-4. The molecule has 0 unspecified atom stereocenters. The van der Waals surface area contributed by atoms with E-state index < -0.39 is 0 Å². The Morgan fingerprint density at radius 3 is 2.42 bits per heavy atom. The van der Waals surface area contributed by atoms with Gasteiger partial charge in [-0.1, -0.05) is 55.1 Å². The van der Waals surface area contributed by atoms with Gasteiger partial charge in [0, 0.05) is 32.2 Å². The van der Waals surface area contributed by atoms with E-state index in [9.17, 15) is 0 Å². The van der Waals surface area contributed by atoms with Gasteiger partial charge in [0.05, 0.1) is 0 Å². The zero-order valence-corrected chi connectivity index (χ0v) is 15.4. The summed E-state index contributed by atoms with van der Waals surface area (Å²) in [6, 6.07) is 20.1. The summed E-state index contributed by atoms with van der Waals surface area (Å²) in [4.78, 5) is 3.60. The number of rotatable bonds is 0. The monoisotopic (exact) mass is 357 g/mol. The maximum Gasteiger partial charge on any atom is 0.0471 e. The summed E-state index contributed by atoms with van der Waals surface area (Å²) in [6.45, 7) is 0. The minimum atomic E-state index is 0.209. The van der Waals surface area contributed by atoms with Gasteiger partial charge in [0.15, 0.2) is 0 Å². The average Bonchev–Trinajstić information content (AvgIpc) is 3.15. The molecule has 6 rings (SSSR count). The van der Waals surface area contributed by atoms with Gasteiger partial charge in [0.2, 0.25) is 0 Å². The topological polar surface area (TPSA) is 15.8 Å². The Labute approximate surface area is 158 Å². The van der Waals surface area contributed by atoms with E-state index in [1.807, 2.05) is 6.07 Å². The largest absolute Gasteiger partial charge is 0.354 e. The molecule has 4 aromatic rings. The van der Waals surface area contributed by atoms with Crippen molar-refractivity contribution in [2.75, 3.05) is 0 Å². The van der Waals surface area contributed by atoms with Gasteiger partial charge >= 0.3 is 0 Å². The number of hydrogen-bond donors (Lipinski definition) is 1. The molecular weight excluding hydrogens is 338 g/mol. The van der Waals surface area contributed by atoms with Crippen molar-refractivity contribution in [2.24, 2.45) is 0 Å². The number of nitrogens with one attached hydrogen (secondary N) is 1. The minimum Gasteiger partial charge on any atom is -0.354 e. The van der Waals surface area contributed by atoms with E-state index in [1.54, 1.807) is 5.56 Å². The predicted molar refractivity (Wildman–Crippen MR) is 110 cm³/mol. The summed E-state index contributed by atoms with van der Waals surface area (Å²) in [5.41, 5.74) is 8.52. The van der Waals surface area contributed by atoms with E-state index in [2.05, 4.69) is 53.5 Å². The maximum absolute atomic E-state index is 6.29. The highest BCUT2D eigenvalue weighted by molar-refractivity contribution is 6.31. The van der Waals surface area contributed by atoms with Crippen molar-refractivity contribution in [3.05, 3.63) is 70.7 Å². The second kappa shape index (κ2) is 5.14. The molecule has 0 bridgehead atoms. The number of benzene rings is 3. The van der Waals surface area contributed by atoms with Crippen molar-refractivity contribution in [1.82, 2.24) is 4.98 Å². The van der Waals surface area contributed by atoms with Crippen molar-refractivity contribution in [3.63, 3.8) is 0 Å². The first-order valence-corrected chi connectivity index (χ1v) is 9.99. The van der Waals surface area contributed by atoms with Crippen LogP contribution in [0.5, 0.6) is 0 Å². The highest BCUT2D eigenvalue weighted by Gasteiger charge is 2.43. The molecule has 0 saturated heterocycles. The first-order chi connectivity index (χ1) is 12.8. The first-order valence-electron chi connectivity index (χ1n) is 9.62. The fourth-order valence-electron chi connectivity index (χ4n) is 5.51. The van der Waals surface area contributed by atoms with Gasteiger partial charge in [-0.3, -0.25) is 0 Å². The summed E-state index contributed by atoms with van der Waals surface area (Å²) in [6.07, 6.45) is 6.55. The summed E-state index contributed by atoms with van der Waals surface area (Å²) in [5, 5.41) is 3.34. The smallest absolute Gasteiger partial charge is 0.0471 e. The van der Waals surface area contributed by atoms with Gasteiger partial charge in [-0.15, -0.1) is 0 Å². The predicted octanol–water partition coefficient (Wildman–Crippen LogP) is 7.21. The first kappa shape index (κ1) is 14.9. The van der Waals surface area contributed by atoms with Gasteiger partial charge in [-0.2, -0.15) is 0 Å². The lowest BCUT2D eigenvalue weighted by Gasteiger charge is -2.36. The Morgan fingerprint density at radius 2 is 1.54 bits per heavy atom. The zero-order chi connectivity index (χ0) is 17.3. The van der Waals surface area contributed by atoms with Gasteiger partial charge < -0.3 is 4.98 Å². The summed E-state index contributed by atoms with van der Waals surface area (Å²) in [7, 11) is 0. The number of hydrogen-bond acceptors (Lipinski definition) is 0. The second-order valence-electron chi connectivity index (χ2n) is 7.95. The Balaban J connectivity index is 1.72. The molecule has 3 aromatic carbocycles. The van der Waals surface area contributed by atoms with Crippen LogP contribution in [0, 0.1) is 0 Å². The molecule has 2 heteroatoms. The molecule has 1 saturated carbocycles. The highest BCUT2D eigenvalue weighted by Crippen LogP contribution is 2.56. The van der Waals surface area contributed by atoms with Crippen LogP contribution in [0.25, 0.3) is 32.9 Å². The Morgan fingerprint density at radius 1 is 0.731 bits per heavy atom. The normalized spacial score (nSPS) is 17.7.